The average Bonchev–Trinajstić information content (AvgIpc) is 3.08. The van der Waals surface area contributed by atoms with Gasteiger partial charge in [-0.1, -0.05) is 0 Å². The van der Waals surface area contributed by atoms with E-state index in [4.69, 9.17) is 0 Å². The van der Waals surface area contributed by atoms with Crippen LogP contribution < -0.4 is 0 Å². The molecule has 0 spiro atoms. The molecule has 1 rings (SSSR count). The molecule has 0 aromatic carbocycles. The number of thioether (sulfide) groups is 1. The summed E-state index contributed by atoms with van der Waals surface area (Å²) in [6, 6.07) is 0. The molecule has 3 nitrogen and oxygen atoms in total. The highest BCUT2D eigenvalue weighted by molar-refractivity contribution is 7.98. The first-order chi connectivity index (χ1) is 15.2. The first-order valence-corrected chi connectivity index (χ1v) is 9.62. The van der Waals surface area contributed by atoms with E-state index < -0.39 is 65.6 Å². The molecule has 0 amide bonds. The largest absolute Gasteiger partial charge is 0.460 e. The number of hydrogen-bond acceptors (Lipinski definition) is 4. The Labute approximate surface area is 190 Å². The summed E-state index contributed by atoms with van der Waals surface area (Å²) >= 11 is 4.54. The summed E-state index contributed by atoms with van der Waals surface area (Å²) in [5, 5.41) is 5.30. The highest BCUT2D eigenvalue weighted by Crippen LogP contribution is 2.64. The van der Waals surface area contributed by atoms with E-state index >= 15 is 0 Å². The van der Waals surface area contributed by atoms with E-state index in [-0.39, 0.29) is 22.5 Å². The van der Waals surface area contributed by atoms with Crippen molar-refractivity contribution >= 4 is 24.0 Å². The Morgan fingerprint density at radius 2 is 1.06 bits per heavy atom. The second kappa shape index (κ2) is 9.12. The van der Waals surface area contributed by atoms with Gasteiger partial charge in [0, 0.05) is 6.42 Å². The van der Waals surface area contributed by atoms with Gasteiger partial charge in [0.25, 0.3) is 4.84 Å². The standard InChI is InChI=1S/C13H7F17N2OS2/c14-6(15,1-2-35-3-4-31-32-5(34)33-4)7(16,17)8(18,19)9(20,21)10(22,23)11(24,25)12(26,27)13(28,29)30/h1-3H2,(H,32,34). The number of rotatable bonds is 11. The molecule has 1 aromatic rings. The van der Waals surface area contributed by atoms with Crippen LogP contribution in [0.3, 0.4) is 0 Å². The maximum atomic E-state index is 13.7. The smallest absolute Gasteiger partial charge is 0.413 e. The number of alkyl halides is 17. The average molecular weight is 594 g/mol. The van der Waals surface area contributed by atoms with E-state index in [0.717, 1.165) is 0 Å². The predicted octanol–water partition coefficient (Wildman–Crippen LogP) is 7.36. The highest BCUT2D eigenvalue weighted by atomic mass is 32.2. The lowest BCUT2D eigenvalue weighted by molar-refractivity contribution is -0.461. The van der Waals surface area contributed by atoms with Crippen LogP contribution in [0.4, 0.5) is 74.6 Å². The fraction of sp³-hybridized carbons (Fsp3) is 0.846. The van der Waals surface area contributed by atoms with Gasteiger partial charge in [0.1, 0.15) is 0 Å². The van der Waals surface area contributed by atoms with E-state index in [1.165, 1.54) is 0 Å². The maximum Gasteiger partial charge on any atom is 0.460 e. The molecular weight excluding hydrogens is 587 g/mol. The Kier molecular flexibility index (Phi) is 8.22. The number of nitrogens with zero attached hydrogens (tertiary/aromatic N) is 1. The molecule has 1 heterocycles. The van der Waals surface area contributed by atoms with Crippen LogP contribution in [0.5, 0.6) is 0 Å². The van der Waals surface area contributed by atoms with Crippen molar-refractivity contribution < 1.29 is 79.1 Å². The van der Waals surface area contributed by atoms with Gasteiger partial charge in [-0.2, -0.15) is 86.4 Å². The van der Waals surface area contributed by atoms with E-state index in [0.29, 0.717) is 0 Å². The highest BCUT2D eigenvalue weighted by Gasteiger charge is 2.95. The molecule has 0 unspecified atom stereocenters. The third-order valence-corrected chi connectivity index (χ3v) is 5.17. The summed E-state index contributed by atoms with van der Waals surface area (Å²) in [4.78, 5) is -0.354. The molecule has 0 saturated carbocycles. The Morgan fingerprint density at radius 3 is 1.43 bits per heavy atom. The minimum absolute atomic E-state index is 0.136. The Balaban J connectivity index is 3.26. The molecule has 0 radical (unpaired) electrons. The fourth-order valence-electron chi connectivity index (χ4n) is 2.04. The van der Waals surface area contributed by atoms with Crippen LogP contribution >= 0.6 is 24.0 Å². The predicted molar refractivity (Wildman–Crippen MR) is 83.2 cm³/mol. The molecule has 1 N–H and O–H groups in total. The number of aromatic amines is 1. The third-order valence-electron chi connectivity index (χ3n) is 4.06. The van der Waals surface area contributed by atoms with E-state index in [9.17, 15) is 74.6 Å². The van der Waals surface area contributed by atoms with Crippen molar-refractivity contribution in [1.82, 2.24) is 10.2 Å². The van der Waals surface area contributed by atoms with Gasteiger partial charge in [-0.15, -0.1) is 5.10 Å². The topological polar surface area (TPSA) is 41.8 Å². The Hall–Kier alpha value is -1.48. The van der Waals surface area contributed by atoms with Crippen LogP contribution in [0.1, 0.15) is 12.3 Å². The molecule has 0 fully saturated rings. The van der Waals surface area contributed by atoms with Crippen molar-refractivity contribution in [3.05, 3.63) is 10.7 Å². The van der Waals surface area contributed by atoms with Crippen molar-refractivity contribution in [2.24, 2.45) is 0 Å². The molecule has 206 valence electrons. The fourth-order valence-corrected chi connectivity index (χ4v) is 3.02. The molecule has 0 aliphatic rings. The normalized spacial score (nSPS) is 15.6. The molecule has 35 heavy (non-hydrogen) atoms. The van der Waals surface area contributed by atoms with Crippen molar-refractivity contribution in [2.75, 3.05) is 5.75 Å². The maximum absolute atomic E-state index is 13.7. The quantitative estimate of drug-likeness (QED) is 0.165. The van der Waals surface area contributed by atoms with Crippen LogP contribution in [0, 0.1) is 4.84 Å². The van der Waals surface area contributed by atoms with Crippen LogP contribution in [0.2, 0.25) is 0 Å². The molecule has 0 atom stereocenters. The monoisotopic (exact) mass is 594 g/mol. The number of nitrogens with one attached hydrogen (secondary N) is 1. The Morgan fingerprint density at radius 1 is 0.657 bits per heavy atom. The van der Waals surface area contributed by atoms with Gasteiger partial charge < -0.3 is 4.42 Å². The van der Waals surface area contributed by atoms with Crippen molar-refractivity contribution in [3.8, 4) is 0 Å². The summed E-state index contributed by atoms with van der Waals surface area (Å²) in [5.74, 6) is -58.5. The number of hydrogen-bond donors (Lipinski definition) is 1. The van der Waals surface area contributed by atoms with Crippen molar-refractivity contribution in [3.63, 3.8) is 0 Å². The summed E-state index contributed by atoms with van der Waals surface area (Å²) in [6.07, 6.45) is -10.3. The van der Waals surface area contributed by atoms with Gasteiger partial charge in [-0.3, -0.25) is 0 Å². The van der Waals surface area contributed by atoms with Crippen LogP contribution in [-0.2, 0) is 5.75 Å². The van der Waals surface area contributed by atoms with Gasteiger partial charge in [-0.25, -0.2) is 5.10 Å². The Bertz CT molecular complexity index is 935. The van der Waals surface area contributed by atoms with E-state index in [1.807, 2.05) is 5.10 Å². The lowest BCUT2D eigenvalue weighted by Crippen LogP contribution is -2.74. The van der Waals surface area contributed by atoms with E-state index in [1.54, 1.807) is 0 Å². The van der Waals surface area contributed by atoms with Crippen LogP contribution in [0.15, 0.2) is 4.42 Å². The molecule has 0 aliphatic carbocycles. The summed E-state index contributed by atoms with van der Waals surface area (Å²) in [5.41, 5.74) is 0. The van der Waals surface area contributed by atoms with Gasteiger partial charge in [0.05, 0.1) is 5.75 Å². The third kappa shape index (κ3) is 4.91. The van der Waals surface area contributed by atoms with Crippen molar-refractivity contribution in [2.45, 2.75) is 59.8 Å². The molecule has 22 heteroatoms. The lowest BCUT2D eigenvalue weighted by atomic mass is 9.88. The van der Waals surface area contributed by atoms with E-state index in [2.05, 4.69) is 21.7 Å². The zero-order valence-electron chi connectivity index (χ0n) is 15.7. The zero-order chi connectivity index (χ0) is 28.1. The molecule has 0 bridgehead atoms. The lowest BCUT2D eigenvalue weighted by Gasteiger charge is -2.42. The first-order valence-electron chi connectivity index (χ1n) is 8.06. The molecule has 1 aromatic heterocycles. The van der Waals surface area contributed by atoms with Gasteiger partial charge in [0.2, 0.25) is 5.89 Å². The summed E-state index contributed by atoms with van der Waals surface area (Å²) < 4.78 is 228. The van der Waals surface area contributed by atoms with Crippen molar-refractivity contribution in [1.29, 1.82) is 0 Å². The molecule has 0 saturated heterocycles. The minimum atomic E-state index is -8.62. The molecule has 0 aliphatic heterocycles. The minimum Gasteiger partial charge on any atom is -0.413 e. The van der Waals surface area contributed by atoms with Gasteiger partial charge >= 0.3 is 47.6 Å². The number of aromatic nitrogens is 2. The van der Waals surface area contributed by atoms with Gasteiger partial charge in [-0.05, 0) is 18.0 Å². The second-order valence-corrected chi connectivity index (χ2v) is 7.93. The summed E-state index contributed by atoms with van der Waals surface area (Å²) in [7, 11) is 0. The zero-order valence-corrected chi connectivity index (χ0v) is 17.4. The SMILES string of the molecule is FC(F)(F)C(F)(F)C(F)(F)C(F)(F)C(F)(F)C(F)(F)C(F)(F)C(F)(F)CCSCc1n[nH]c(=S)o1. The number of halogens is 17. The van der Waals surface area contributed by atoms with Crippen LogP contribution in [0.25, 0.3) is 0 Å². The van der Waals surface area contributed by atoms with Gasteiger partial charge in [0.15, 0.2) is 0 Å². The molecular formula is C13H7F17N2OS2. The van der Waals surface area contributed by atoms with Crippen LogP contribution in [-0.4, -0.2) is 63.6 Å². The summed E-state index contributed by atoms with van der Waals surface area (Å²) in [6.45, 7) is 0. The first kappa shape index (κ1) is 31.5. The number of H-pyrrole nitrogens is 1. The second-order valence-electron chi connectivity index (χ2n) is 6.46.